The molecule has 1 fully saturated rings. The number of aromatic nitrogens is 2. The average molecular weight is 326 g/mol. The van der Waals surface area contributed by atoms with Gasteiger partial charge in [-0.3, -0.25) is 4.90 Å². The maximum atomic E-state index is 9.19. The zero-order valence-corrected chi connectivity index (χ0v) is 14.0. The zero-order chi connectivity index (χ0) is 15.0. The highest BCUT2D eigenvalue weighted by atomic mass is 35.5. The number of halogens is 1. The summed E-state index contributed by atoms with van der Waals surface area (Å²) in [4.78, 5) is 13.7. The second-order valence-corrected chi connectivity index (χ2v) is 7.36. The quantitative estimate of drug-likeness (QED) is 0.881. The van der Waals surface area contributed by atoms with Crippen LogP contribution in [0.15, 0.2) is 0 Å². The first-order chi connectivity index (χ1) is 10.1. The van der Waals surface area contributed by atoms with Crippen molar-refractivity contribution in [2.45, 2.75) is 33.2 Å². The van der Waals surface area contributed by atoms with Gasteiger partial charge in [-0.25, -0.2) is 9.97 Å². The zero-order valence-electron chi connectivity index (χ0n) is 12.4. The van der Waals surface area contributed by atoms with Gasteiger partial charge in [0.05, 0.1) is 11.9 Å². The van der Waals surface area contributed by atoms with Crippen LogP contribution in [0.5, 0.6) is 0 Å². The molecular formula is C15H20ClN3OS. The topological polar surface area (TPSA) is 49.2 Å². The van der Waals surface area contributed by atoms with Crippen LogP contribution in [-0.2, 0) is 6.54 Å². The molecule has 0 atom stereocenters. The Hall–Kier alpha value is -0.750. The summed E-state index contributed by atoms with van der Waals surface area (Å²) in [5.41, 5.74) is 1.19. The first-order valence-corrected chi connectivity index (χ1v) is 8.53. The Bertz CT molecular complexity index is 650. The molecule has 3 rings (SSSR count). The molecule has 6 heteroatoms. The number of fused-ring (bicyclic) bond motifs is 1. The van der Waals surface area contributed by atoms with Gasteiger partial charge < -0.3 is 5.11 Å². The van der Waals surface area contributed by atoms with Crippen LogP contribution in [-0.4, -0.2) is 39.7 Å². The van der Waals surface area contributed by atoms with E-state index in [1.165, 1.54) is 10.4 Å². The molecule has 0 radical (unpaired) electrons. The lowest BCUT2D eigenvalue weighted by molar-refractivity contribution is 0.125. The van der Waals surface area contributed by atoms with Gasteiger partial charge in [-0.15, -0.1) is 11.3 Å². The lowest BCUT2D eigenvalue weighted by Crippen LogP contribution is -2.34. The SMILES string of the molecule is Cc1sc2nc(CN3CCC(CO)CC3)nc(Cl)c2c1C. The molecule has 2 aromatic rings. The van der Waals surface area contributed by atoms with Crippen LogP contribution >= 0.6 is 22.9 Å². The smallest absolute Gasteiger partial charge is 0.145 e. The molecule has 1 aliphatic heterocycles. The van der Waals surface area contributed by atoms with E-state index in [9.17, 15) is 5.11 Å². The van der Waals surface area contributed by atoms with Crippen molar-refractivity contribution < 1.29 is 5.11 Å². The van der Waals surface area contributed by atoms with Gasteiger partial charge in [0.25, 0.3) is 0 Å². The molecular weight excluding hydrogens is 306 g/mol. The van der Waals surface area contributed by atoms with Crippen molar-refractivity contribution in [2.75, 3.05) is 19.7 Å². The number of nitrogens with zero attached hydrogens (tertiary/aromatic N) is 3. The second-order valence-electron chi connectivity index (χ2n) is 5.80. The number of hydrogen-bond acceptors (Lipinski definition) is 5. The van der Waals surface area contributed by atoms with Crippen LogP contribution in [0.3, 0.4) is 0 Å². The van der Waals surface area contributed by atoms with E-state index in [-0.39, 0.29) is 0 Å². The Balaban J connectivity index is 1.79. The molecule has 114 valence electrons. The highest BCUT2D eigenvalue weighted by Gasteiger charge is 2.20. The van der Waals surface area contributed by atoms with Crippen molar-refractivity contribution in [2.24, 2.45) is 5.92 Å². The highest BCUT2D eigenvalue weighted by molar-refractivity contribution is 7.18. The van der Waals surface area contributed by atoms with Crippen molar-refractivity contribution in [3.8, 4) is 0 Å². The molecule has 0 bridgehead atoms. The molecule has 3 heterocycles. The van der Waals surface area contributed by atoms with Gasteiger partial charge in [-0.1, -0.05) is 11.6 Å². The average Bonchev–Trinajstić information content (AvgIpc) is 2.75. The summed E-state index contributed by atoms with van der Waals surface area (Å²) in [6, 6.07) is 0. The number of rotatable bonds is 3. The molecule has 0 aliphatic carbocycles. The monoisotopic (exact) mass is 325 g/mol. The van der Waals surface area contributed by atoms with E-state index in [0.717, 1.165) is 48.5 Å². The summed E-state index contributed by atoms with van der Waals surface area (Å²) >= 11 is 8.03. The lowest BCUT2D eigenvalue weighted by atomic mass is 9.98. The van der Waals surface area contributed by atoms with Crippen molar-refractivity contribution in [3.05, 3.63) is 21.4 Å². The molecule has 21 heavy (non-hydrogen) atoms. The summed E-state index contributed by atoms with van der Waals surface area (Å²) < 4.78 is 0. The molecule has 1 N–H and O–H groups in total. The van der Waals surface area contributed by atoms with Crippen LogP contribution < -0.4 is 0 Å². The molecule has 0 spiro atoms. The first kappa shape index (κ1) is 15.2. The Morgan fingerprint density at radius 2 is 2.00 bits per heavy atom. The van der Waals surface area contributed by atoms with Gasteiger partial charge in [-0.2, -0.15) is 0 Å². The number of likely N-dealkylation sites (tertiary alicyclic amines) is 1. The van der Waals surface area contributed by atoms with E-state index in [1.54, 1.807) is 11.3 Å². The number of aliphatic hydroxyl groups excluding tert-OH is 1. The standard InChI is InChI=1S/C15H20ClN3OS/c1-9-10(2)21-15-13(9)14(16)17-12(18-15)7-19-5-3-11(8-20)4-6-19/h11,20H,3-8H2,1-2H3. The molecule has 0 unspecified atom stereocenters. The number of thiophene rings is 1. The lowest BCUT2D eigenvalue weighted by Gasteiger charge is -2.30. The van der Waals surface area contributed by atoms with Crippen LogP contribution in [0.25, 0.3) is 10.2 Å². The van der Waals surface area contributed by atoms with Crippen molar-refractivity contribution >= 4 is 33.2 Å². The van der Waals surface area contributed by atoms with Crippen LogP contribution in [0, 0.1) is 19.8 Å². The number of piperidine rings is 1. The fourth-order valence-electron chi connectivity index (χ4n) is 2.84. The molecule has 1 saturated heterocycles. The Labute approximate surface area is 133 Å². The predicted molar refractivity (Wildman–Crippen MR) is 87.0 cm³/mol. The third-order valence-electron chi connectivity index (χ3n) is 4.36. The van der Waals surface area contributed by atoms with E-state index >= 15 is 0 Å². The summed E-state index contributed by atoms with van der Waals surface area (Å²) in [5, 5.41) is 10.8. The predicted octanol–water partition coefficient (Wildman–Crippen LogP) is 3.17. The van der Waals surface area contributed by atoms with E-state index in [1.807, 2.05) is 0 Å². The minimum atomic E-state index is 0.301. The first-order valence-electron chi connectivity index (χ1n) is 7.33. The van der Waals surface area contributed by atoms with Gasteiger partial charge in [-0.05, 0) is 51.3 Å². The van der Waals surface area contributed by atoms with Crippen LogP contribution in [0.2, 0.25) is 5.15 Å². The summed E-state index contributed by atoms with van der Waals surface area (Å²) in [6.07, 6.45) is 2.09. The molecule has 0 saturated carbocycles. The summed E-state index contributed by atoms with van der Waals surface area (Å²) in [5.74, 6) is 1.26. The second kappa shape index (κ2) is 6.16. The van der Waals surface area contributed by atoms with Gasteiger partial charge in [0.1, 0.15) is 15.8 Å². The Morgan fingerprint density at radius 1 is 1.29 bits per heavy atom. The van der Waals surface area contributed by atoms with E-state index in [4.69, 9.17) is 11.6 Å². The number of aryl methyl sites for hydroxylation is 2. The maximum Gasteiger partial charge on any atom is 0.145 e. The van der Waals surface area contributed by atoms with Crippen LogP contribution in [0.1, 0.15) is 29.1 Å². The fourth-order valence-corrected chi connectivity index (χ4v) is 4.27. The fraction of sp³-hybridized carbons (Fsp3) is 0.600. The summed E-state index contributed by atoms with van der Waals surface area (Å²) in [6.45, 7) is 7.19. The minimum absolute atomic E-state index is 0.301. The number of hydrogen-bond donors (Lipinski definition) is 1. The molecule has 0 aromatic carbocycles. The molecule has 2 aromatic heterocycles. The third kappa shape index (κ3) is 3.06. The minimum Gasteiger partial charge on any atom is -0.396 e. The number of aliphatic hydroxyl groups is 1. The van der Waals surface area contributed by atoms with E-state index < -0.39 is 0 Å². The molecule has 4 nitrogen and oxygen atoms in total. The molecule has 0 amide bonds. The van der Waals surface area contributed by atoms with E-state index in [0.29, 0.717) is 17.7 Å². The normalized spacial score (nSPS) is 17.7. The van der Waals surface area contributed by atoms with Crippen molar-refractivity contribution in [3.63, 3.8) is 0 Å². The van der Waals surface area contributed by atoms with Crippen molar-refractivity contribution in [1.29, 1.82) is 0 Å². The van der Waals surface area contributed by atoms with Gasteiger partial charge >= 0.3 is 0 Å². The van der Waals surface area contributed by atoms with E-state index in [2.05, 4.69) is 28.7 Å². The summed E-state index contributed by atoms with van der Waals surface area (Å²) in [7, 11) is 0. The van der Waals surface area contributed by atoms with Crippen LogP contribution in [0.4, 0.5) is 0 Å². The maximum absolute atomic E-state index is 9.19. The van der Waals surface area contributed by atoms with Crippen molar-refractivity contribution in [1.82, 2.24) is 14.9 Å². The van der Waals surface area contributed by atoms with Gasteiger partial charge in [0, 0.05) is 11.5 Å². The highest BCUT2D eigenvalue weighted by Crippen LogP contribution is 2.33. The Morgan fingerprint density at radius 3 is 2.67 bits per heavy atom. The Kier molecular flexibility index (Phi) is 4.45. The van der Waals surface area contributed by atoms with Gasteiger partial charge in [0.15, 0.2) is 0 Å². The molecule has 1 aliphatic rings. The van der Waals surface area contributed by atoms with Gasteiger partial charge in [0.2, 0.25) is 0 Å². The third-order valence-corrected chi connectivity index (χ3v) is 5.74. The largest absolute Gasteiger partial charge is 0.396 e.